The van der Waals surface area contributed by atoms with Crippen LogP contribution in [0.1, 0.15) is 25.3 Å². The van der Waals surface area contributed by atoms with Gasteiger partial charge in [0.1, 0.15) is 5.78 Å². The fourth-order valence-corrected chi connectivity index (χ4v) is 2.20. The molecule has 1 rings (SSSR count). The zero-order chi connectivity index (χ0) is 10.4. The van der Waals surface area contributed by atoms with E-state index in [0.29, 0.717) is 6.42 Å². The van der Waals surface area contributed by atoms with Gasteiger partial charge in [-0.2, -0.15) is 0 Å². The molecule has 0 atom stereocenters. The molecule has 0 amide bonds. The molecule has 0 fully saturated rings. The first-order valence-corrected chi connectivity index (χ1v) is 5.86. The highest BCUT2D eigenvalue weighted by Crippen LogP contribution is 2.22. The number of hydrogen-bond acceptors (Lipinski definition) is 2. The highest BCUT2D eigenvalue weighted by atomic mass is 32.2. The van der Waals surface area contributed by atoms with Crippen molar-refractivity contribution in [3.05, 3.63) is 29.8 Å². The van der Waals surface area contributed by atoms with E-state index in [1.807, 2.05) is 11.8 Å². The Morgan fingerprint density at radius 2 is 2.07 bits per heavy atom. The summed E-state index contributed by atoms with van der Waals surface area (Å²) in [4.78, 5) is 12.0. The largest absolute Gasteiger partial charge is 0.300 e. The van der Waals surface area contributed by atoms with Crippen LogP contribution in [0.3, 0.4) is 0 Å². The predicted molar refractivity (Wildman–Crippen MR) is 61.8 cm³/mol. The van der Waals surface area contributed by atoms with Crippen LogP contribution in [0.15, 0.2) is 29.2 Å². The van der Waals surface area contributed by atoms with Gasteiger partial charge in [-0.25, -0.2) is 0 Å². The molecule has 0 saturated heterocycles. The third-order valence-corrected chi connectivity index (χ3v) is 3.29. The van der Waals surface area contributed by atoms with E-state index in [2.05, 4.69) is 31.2 Å². The fourth-order valence-electron chi connectivity index (χ4n) is 1.22. The van der Waals surface area contributed by atoms with Crippen LogP contribution in [0.25, 0.3) is 0 Å². The molecule has 0 bridgehead atoms. The molecule has 76 valence electrons. The van der Waals surface area contributed by atoms with Crippen molar-refractivity contribution in [2.45, 2.75) is 31.6 Å². The smallest absolute Gasteiger partial charge is 0.129 e. The first kappa shape index (κ1) is 11.3. The van der Waals surface area contributed by atoms with E-state index in [1.165, 1.54) is 10.5 Å². The Labute approximate surface area is 89.9 Å². The summed E-state index contributed by atoms with van der Waals surface area (Å²) < 4.78 is 0. The normalized spacial score (nSPS) is 10.1. The number of aryl methyl sites for hydroxylation is 1. The standard InChI is InChI=1S/C12H16OS/c1-10-6-3-4-8-12(10)14-9-5-7-11(2)13/h3-4,6,8H,5,7,9H2,1-2H3. The molecule has 0 aromatic heterocycles. The first-order valence-electron chi connectivity index (χ1n) is 4.88. The van der Waals surface area contributed by atoms with E-state index in [-0.39, 0.29) is 5.78 Å². The SMILES string of the molecule is CC(=O)CCCSc1ccccc1C. The fraction of sp³-hybridized carbons (Fsp3) is 0.417. The summed E-state index contributed by atoms with van der Waals surface area (Å²) in [6.07, 6.45) is 1.69. The van der Waals surface area contributed by atoms with Crippen LogP contribution in [0.5, 0.6) is 0 Å². The summed E-state index contributed by atoms with van der Waals surface area (Å²) in [5.41, 5.74) is 1.32. The average molecular weight is 208 g/mol. The molecule has 1 nitrogen and oxygen atoms in total. The summed E-state index contributed by atoms with van der Waals surface area (Å²) in [5.74, 6) is 1.32. The highest BCUT2D eigenvalue weighted by molar-refractivity contribution is 7.99. The maximum atomic E-state index is 10.7. The topological polar surface area (TPSA) is 17.1 Å². The molecular formula is C12H16OS. The van der Waals surface area contributed by atoms with E-state index in [9.17, 15) is 4.79 Å². The van der Waals surface area contributed by atoms with E-state index in [4.69, 9.17) is 0 Å². The minimum absolute atomic E-state index is 0.287. The molecule has 1 aromatic carbocycles. The van der Waals surface area contributed by atoms with Crippen molar-refractivity contribution in [3.8, 4) is 0 Å². The van der Waals surface area contributed by atoms with Crippen molar-refractivity contribution in [1.82, 2.24) is 0 Å². The number of hydrogen-bond donors (Lipinski definition) is 0. The van der Waals surface area contributed by atoms with Crippen molar-refractivity contribution < 1.29 is 4.79 Å². The molecule has 0 aliphatic carbocycles. The molecule has 2 heteroatoms. The summed E-state index contributed by atoms with van der Waals surface area (Å²) in [7, 11) is 0. The second-order valence-corrected chi connectivity index (χ2v) is 4.56. The van der Waals surface area contributed by atoms with Gasteiger partial charge in [0, 0.05) is 11.3 Å². The van der Waals surface area contributed by atoms with Gasteiger partial charge in [0.15, 0.2) is 0 Å². The molecule has 0 saturated carbocycles. The minimum atomic E-state index is 0.287. The van der Waals surface area contributed by atoms with Gasteiger partial charge in [-0.05, 0) is 37.7 Å². The molecular weight excluding hydrogens is 192 g/mol. The number of Topliss-reactive ketones (excluding diaryl/α,β-unsaturated/α-hetero) is 1. The quantitative estimate of drug-likeness (QED) is 0.544. The molecule has 0 radical (unpaired) electrons. The van der Waals surface area contributed by atoms with Crippen molar-refractivity contribution in [2.75, 3.05) is 5.75 Å². The predicted octanol–water partition coefficient (Wildman–Crippen LogP) is 3.46. The van der Waals surface area contributed by atoms with Crippen LogP contribution in [0, 0.1) is 6.92 Å². The van der Waals surface area contributed by atoms with Crippen LogP contribution in [-0.2, 0) is 4.79 Å². The Morgan fingerprint density at radius 1 is 1.36 bits per heavy atom. The van der Waals surface area contributed by atoms with E-state index < -0.39 is 0 Å². The highest BCUT2D eigenvalue weighted by Gasteiger charge is 1.98. The molecule has 0 heterocycles. The van der Waals surface area contributed by atoms with Crippen molar-refractivity contribution >= 4 is 17.5 Å². The molecule has 1 aromatic rings. The second kappa shape index (κ2) is 5.86. The molecule has 0 spiro atoms. The van der Waals surface area contributed by atoms with Gasteiger partial charge in [0.05, 0.1) is 0 Å². The van der Waals surface area contributed by atoms with Gasteiger partial charge in [-0.3, -0.25) is 0 Å². The number of thioether (sulfide) groups is 1. The number of carbonyl (C=O) groups excluding carboxylic acids is 1. The lowest BCUT2D eigenvalue weighted by molar-refractivity contribution is -0.117. The van der Waals surface area contributed by atoms with Gasteiger partial charge in [-0.15, -0.1) is 11.8 Å². The molecule has 0 N–H and O–H groups in total. The Hall–Kier alpha value is -0.760. The third-order valence-electron chi connectivity index (χ3n) is 2.02. The number of rotatable bonds is 5. The lowest BCUT2D eigenvalue weighted by atomic mass is 10.2. The lowest BCUT2D eigenvalue weighted by Crippen LogP contribution is -1.91. The maximum absolute atomic E-state index is 10.7. The van der Waals surface area contributed by atoms with Crippen LogP contribution < -0.4 is 0 Å². The zero-order valence-electron chi connectivity index (χ0n) is 8.75. The van der Waals surface area contributed by atoms with Crippen LogP contribution in [-0.4, -0.2) is 11.5 Å². The Morgan fingerprint density at radius 3 is 2.71 bits per heavy atom. The summed E-state index contributed by atoms with van der Waals surface area (Å²) in [6.45, 7) is 3.77. The van der Waals surface area contributed by atoms with E-state index >= 15 is 0 Å². The average Bonchev–Trinajstić information content (AvgIpc) is 2.15. The number of benzene rings is 1. The third kappa shape index (κ3) is 3.97. The Balaban J connectivity index is 2.31. The van der Waals surface area contributed by atoms with Crippen LogP contribution >= 0.6 is 11.8 Å². The van der Waals surface area contributed by atoms with Gasteiger partial charge >= 0.3 is 0 Å². The van der Waals surface area contributed by atoms with E-state index in [0.717, 1.165) is 12.2 Å². The zero-order valence-corrected chi connectivity index (χ0v) is 9.56. The van der Waals surface area contributed by atoms with Gasteiger partial charge in [-0.1, -0.05) is 18.2 Å². The molecule has 14 heavy (non-hydrogen) atoms. The lowest BCUT2D eigenvalue weighted by Gasteiger charge is -2.03. The van der Waals surface area contributed by atoms with Crippen molar-refractivity contribution in [1.29, 1.82) is 0 Å². The van der Waals surface area contributed by atoms with Crippen LogP contribution in [0.4, 0.5) is 0 Å². The molecule has 0 aliphatic heterocycles. The van der Waals surface area contributed by atoms with Crippen LogP contribution in [0.2, 0.25) is 0 Å². The summed E-state index contributed by atoms with van der Waals surface area (Å²) >= 11 is 1.84. The van der Waals surface area contributed by atoms with Gasteiger partial charge in [0.2, 0.25) is 0 Å². The summed E-state index contributed by atoms with van der Waals surface area (Å²) in [5, 5.41) is 0. The Kier molecular flexibility index (Phi) is 4.74. The van der Waals surface area contributed by atoms with Crippen molar-refractivity contribution in [2.24, 2.45) is 0 Å². The second-order valence-electron chi connectivity index (χ2n) is 3.42. The minimum Gasteiger partial charge on any atom is -0.300 e. The molecule has 0 aliphatic rings. The van der Waals surface area contributed by atoms with Crippen molar-refractivity contribution in [3.63, 3.8) is 0 Å². The first-order chi connectivity index (χ1) is 6.70. The van der Waals surface area contributed by atoms with Gasteiger partial charge < -0.3 is 4.79 Å². The number of ketones is 1. The Bertz CT molecular complexity index is 307. The maximum Gasteiger partial charge on any atom is 0.129 e. The van der Waals surface area contributed by atoms with Gasteiger partial charge in [0.25, 0.3) is 0 Å². The van der Waals surface area contributed by atoms with E-state index in [1.54, 1.807) is 6.92 Å². The monoisotopic (exact) mass is 208 g/mol. The number of carbonyl (C=O) groups is 1. The summed E-state index contributed by atoms with van der Waals surface area (Å²) in [6, 6.07) is 8.36. The molecule has 0 unspecified atom stereocenters.